The number of nitriles is 3. The van der Waals surface area contributed by atoms with E-state index in [1.165, 1.54) is 0 Å². The molecule has 0 aromatic heterocycles. The number of benzene rings is 1. The van der Waals surface area contributed by atoms with E-state index in [2.05, 4.69) is 17.1 Å². The predicted molar refractivity (Wildman–Crippen MR) is 89.6 cm³/mol. The van der Waals surface area contributed by atoms with Crippen molar-refractivity contribution < 1.29 is 0 Å². The summed E-state index contributed by atoms with van der Waals surface area (Å²) in [6.07, 6.45) is 2.15. The van der Waals surface area contributed by atoms with Gasteiger partial charge in [-0.1, -0.05) is 24.6 Å². The number of hydrogen-bond acceptors (Lipinski definition) is 5. The predicted octanol–water partition coefficient (Wildman–Crippen LogP) is 3.81. The fraction of sp³-hybridized carbons (Fsp3) is 0.353. The maximum atomic E-state index is 9.21. The smallest absolute Gasteiger partial charge is 0.163 e. The van der Waals surface area contributed by atoms with E-state index in [-0.39, 0.29) is 11.3 Å². The monoisotopic (exact) mass is 325 g/mol. The molecule has 1 aromatic rings. The first kappa shape index (κ1) is 16.7. The van der Waals surface area contributed by atoms with Crippen molar-refractivity contribution in [3.8, 4) is 18.2 Å². The molecule has 0 spiro atoms. The van der Waals surface area contributed by atoms with Crippen LogP contribution in [0.2, 0.25) is 5.02 Å². The van der Waals surface area contributed by atoms with Gasteiger partial charge in [0, 0.05) is 13.1 Å². The highest BCUT2D eigenvalue weighted by molar-refractivity contribution is 6.34. The van der Waals surface area contributed by atoms with Crippen LogP contribution >= 0.6 is 11.6 Å². The van der Waals surface area contributed by atoms with Crippen LogP contribution in [0, 0.1) is 39.9 Å². The summed E-state index contributed by atoms with van der Waals surface area (Å²) >= 11 is 6.36. The largest absolute Gasteiger partial charge is 0.369 e. The second kappa shape index (κ2) is 7.54. The maximum Gasteiger partial charge on any atom is 0.163 e. The van der Waals surface area contributed by atoms with Gasteiger partial charge in [-0.05, 0) is 30.9 Å². The van der Waals surface area contributed by atoms with Crippen LogP contribution in [0.25, 0.3) is 0 Å². The van der Waals surface area contributed by atoms with Gasteiger partial charge in [-0.3, -0.25) is 0 Å². The normalized spacial score (nSPS) is 14.3. The molecule has 116 valence electrons. The van der Waals surface area contributed by atoms with Gasteiger partial charge in [0.25, 0.3) is 0 Å². The maximum absolute atomic E-state index is 9.21. The molecule has 1 heterocycles. The second-order valence-electron chi connectivity index (χ2n) is 5.52. The van der Waals surface area contributed by atoms with Gasteiger partial charge >= 0.3 is 0 Å². The summed E-state index contributed by atoms with van der Waals surface area (Å²) in [4.78, 5) is 2.18. The lowest BCUT2D eigenvalue weighted by Crippen LogP contribution is -2.33. The lowest BCUT2D eigenvalue weighted by molar-refractivity contribution is 0.439. The van der Waals surface area contributed by atoms with Gasteiger partial charge in [0.05, 0.1) is 16.4 Å². The molecule has 0 atom stereocenters. The van der Waals surface area contributed by atoms with Gasteiger partial charge in [-0.2, -0.15) is 15.8 Å². The summed E-state index contributed by atoms with van der Waals surface area (Å²) in [5.41, 5.74) is 1.13. The average molecular weight is 326 g/mol. The minimum atomic E-state index is -0.245. The molecule has 0 unspecified atom stereocenters. The van der Waals surface area contributed by atoms with Crippen molar-refractivity contribution in [2.75, 3.05) is 23.3 Å². The number of piperidine rings is 1. The Morgan fingerprint density at radius 1 is 1.17 bits per heavy atom. The zero-order chi connectivity index (χ0) is 16.8. The molecule has 23 heavy (non-hydrogen) atoms. The fourth-order valence-corrected chi connectivity index (χ4v) is 2.88. The van der Waals surface area contributed by atoms with Gasteiger partial charge in [0.1, 0.15) is 23.9 Å². The Kier molecular flexibility index (Phi) is 5.47. The number of para-hydroxylation sites is 1. The minimum absolute atomic E-state index is 0.0658. The summed E-state index contributed by atoms with van der Waals surface area (Å²) in [6, 6.07) is 10.7. The van der Waals surface area contributed by atoms with Crippen molar-refractivity contribution in [3.63, 3.8) is 0 Å². The van der Waals surface area contributed by atoms with Crippen LogP contribution in [0.3, 0.4) is 0 Å². The van der Waals surface area contributed by atoms with Crippen LogP contribution in [0.5, 0.6) is 0 Å². The quantitative estimate of drug-likeness (QED) is 0.854. The fourth-order valence-electron chi connectivity index (χ4n) is 2.59. The van der Waals surface area contributed by atoms with Crippen LogP contribution < -0.4 is 10.2 Å². The molecule has 0 amide bonds. The lowest BCUT2D eigenvalue weighted by Gasteiger charge is -2.34. The third kappa shape index (κ3) is 3.75. The van der Waals surface area contributed by atoms with E-state index in [0.29, 0.717) is 16.6 Å². The molecule has 6 heteroatoms. The number of nitrogens with zero attached hydrogens (tertiary/aromatic N) is 4. The lowest BCUT2D eigenvalue weighted by atomic mass is 9.98. The first-order valence-electron chi connectivity index (χ1n) is 7.35. The highest BCUT2D eigenvalue weighted by Crippen LogP contribution is 2.37. The van der Waals surface area contributed by atoms with Gasteiger partial charge in [-0.15, -0.1) is 0 Å². The van der Waals surface area contributed by atoms with Gasteiger partial charge in [0.2, 0.25) is 0 Å². The Morgan fingerprint density at radius 2 is 1.83 bits per heavy atom. The molecule has 1 aliphatic heterocycles. The van der Waals surface area contributed by atoms with E-state index < -0.39 is 0 Å². The first-order valence-corrected chi connectivity index (χ1v) is 7.73. The highest BCUT2D eigenvalue weighted by atomic mass is 35.5. The number of nitrogens with one attached hydrogen (secondary N) is 1. The van der Waals surface area contributed by atoms with E-state index >= 15 is 0 Å². The van der Waals surface area contributed by atoms with Crippen LogP contribution in [0.15, 0.2) is 29.5 Å². The Balaban J connectivity index is 2.40. The zero-order valence-electron chi connectivity index (χ0n) is 12.8. The number of halogens is 1. The molecule has 1 aromatic carbocycles. The zero-order valence-corrected chi connectivity index (χ0v) is 13.6. The average Bonchev–Trinajstić information content (AvgIpc) is 2.56. The molecule has 0 bridgehead atoms. The number of anilines is 2. The molecule has 1 saturated heterocycles. The van der Waals surface area contributed by atoms with Crippen molar-refractivity contribution >= 4 is 23.0 Å². The summed E-state index contributed by atoms with van der Waals surface area (Å²) < 4.78 is 0. The third-order valence-corrected chi connectivity index (χ3v) is 4.24. The van der Waals surface area contributed by atoms with Gasteiger partial charge in [0.15, 0.2) is 5.57 Å². The number of rotatable bonds is 3. The van der Waals surface area contributed by atoms with Crippen molar-refractivity contribution in [2.45, 2.75) is 19.8 Å². The Morgan fingerprint density at radius 3 is 2.39 bits per heavy atom. The van der Waals surface area contributed by atoms with Crippen LogP contribution in [-0.2, 0) is 0 Å². The summed E-state index contributed by atoms with van der Waals surface area (Å²) in [5.74, 6) is 0.684. The van der Waals surface area contributed by atoms with Gasteiger partial charge in [-0.25, -0.2) is 0 Å². The Labute approximate surface area is 141 Å². The van der Waals surface area contributed by atoms with E-state index in [1.54, 1.807) is 30.3 Å². The standard InChI is InChI=1S/C17H16ClN5/c1-12-5-7-23(8-6-12)17-14(18)3-2-4-15(17)22-16(11-21)13(9-19)10-20/h2-4,12,22H,5-8H2,1H3. The molecular weight excluding hydrogens is 310 g/mol. The van der Waals surface area contributed by atoms with Crippen LogP contribution in [0.4, 0.5) is 11.4 Å². The van der Waals surface area contributed by atoms with E-state index in [0.717, 1.165) is 31.6 Å². The Bertz CT molecular complexity index is 724. The molecule has 2 rings (SSSR count). The van der Waals surface area contributed by atoms with Crippen LogP contribution in [0.1, 0.15) is 19.8 Å². The molecule has 0 saturated carbocycles. The molecule has 0 radical (unpaired) electrons. The summed E-state index contributed by atoms with van der Waals surface area (Å²) in [6.45, 7) is 3.99. The Hall–Kier alpha value is -2.68. The van der Waals surface area contributed by atoms with Crippen molar-refractivity contribution in [3.05, 3.63) is 34.5 Å². The summed E-state index contributed by atoms with van der Waals surface area (Å²) in [7, 11) is 0. The van der Waals surface area contributed by atoms with E-state index in [1.807, 2.05) is 6.07 Å². The molecule has 5 nitrogen and oxygen atoms in total. The van der Waals surface area contributed by atoms with Crippen molar-refractivity contribution in [1.82, 2.24) is 0 Å². The van der Waals surface area contributed by atoms with Crippen LogP contribution in [-0.4, -0.2) is 13.1 Å². The van der Waals surface area contributed by atoms with Gasteiger partial charge < -0.3 is 10.2 Å². The second-order valence-corrected chi connectivity index (χ2v) is 5.92. The minimum Gasteiger partial charge on any atom is -0.369 e. The number of hydrogen-bond donors (Lipinski definition) is 1. The summed E-state index contributed by atoms with van der Waals surface area (Å²) in [5, 5.41) is 30.6. The van der Waals surface area contributed by atoms with Crippen molar-refractivity contribution in [1.29, 1.82) is 15.8 Å². The highest BCUT2D eigenvalue weighted by Gasteiger charge is 2.21. The number of allylic oxidation sites excluding steroid dienone is 2. The first-order chi connectivity index (χ1) is 11.1. The topological polar surface area (TPSA) is 86.6 Å². The molecular formula is C17H16ClN5. The van der Waals surface area contributed by atoms with E-state index in [4.69, 9.17) is 22.1 Å². The molecule has 1 fully saturated rings. The van der Waals surface area contributed by atoms with E-state index in [9.17, 15) is 5.26 Å². The SMILES string of the molecule is CC1CCN(c2c(Cl)cccc2NC(C#N)=C(C#N)C#N)CC1. The molecule has 0 aliphatic carbocycles. The molecule has 1 aliphatic rings. The third-order valence-electron chi connectivity index (χ3n) is 3.93. The molecule has 1 N–H and O–H groups in total. The van der Waals surface area contributed by atoms with Crippen molar-refractivity contribution in [2.24, 2.45) is 5.92 Å².